The van der Waals surface area contributed by atoms with Crippen LogP contribution in [0.25, 0.3) is 0 Å². The van der Waals surface area contributed by atoms with Gasteiger partial charge >= 0.3 is 17.9 Å². The first-order valence-electron chi connectivity index (χ1n) is 24.9. The molecule has 0 aromatic carbocycles. The summed E-state index contributed by atoms with van der Waals surface area (Å²) in [6.07, 6.45) is 72.7. The molecule has 0 heterocycles. The van der Waals surface area contributed by atoms with E-state index in [1.165, 1.54) is 44.9 Å². The van der Waals surface area contributed by atoms with Gasteiger partial charge in [-0.3, -0.25) is 14.4 Å². The number of allylic oxidation sites excluding steroid dienone is 24. The van der Waals surface area contributed by atoms with Crippen molar-refractivity contribution in [2.75, 3.05) is 13.2 Å². The molecule has 0 saturated heterocycles. The van der Waals surface area contributed by atoms with E-state index in [0.717, 1.165) is 77.0 Å². The Morgan fingerprint density at radius 2 is 0.703 bits per heavy atom. The molecule has 0 radical (unpaired) electrons. The van der Waals surface area contributed by atoms with Crippen LogP contribution < -0.4 is 0 Å². The standard InChI is InChI=1S/C58H88O6/c1-4-7-10-13-16-19-22-25-27-29-31-33-36-39-42-45-48-51-57(60)63-54-55(53-62-56(59)50-47-44-41-38-35-32-24-21-18-15-12-9-6-3)64-58(61)52-49-46-43-40-37-34-30-28-26-23-20-17-14-11-8-5-2/h7,9-10,12,15-16,18-19,21,24-25,27-28,30-35,37-39,41-42,55H,4-6,8,11,13-14,17,20,22-23,26,29,36,40,43-54H2,1-3H3/b10-7-,12-9-,18-15-,19-16-,24-21-,27-25-,30-28-,33-31-,35-32-,37-34-,41-38-,42-39-. The Labute approximate surface area is 391 Å². The molecule has 0 aliphatic heterocycles. The zero-order valence-corrected chi connectivity index (χ0v) is 40.5. The van der Waals surface area contributed by atoms with Gasteiger partial charge in [-0.25, -0.2) is 0 Å². The van der Waals surface area contributed by atoms with Gasteiger partial charge in [0.15, 0.2) is 6.10 Å². The second-order valence-electron chi connectivity index (χ2n) is 15.8. The lowest BCUT2D eigenvalue weighted by molar-refractivity contribution is -0.167. The molecule has 1 atom stereocenters. The van der Waals surface area contributed by atoms with E-state index < -0.39 is 6.10 Å². The van der Waals surface area contributed by atoms with Gasteiger partial charge in [-0.1, -0.05) is 212 Å². The van der Waals surface area contributed by atoms with Gasteiger partial charge in [-0.15, -0.1) is 0 Å². The minimum Gasteiger partial charge on any atom is -0.462 e. The summed E-state index contributed by atoms with van der Waals surface area (Å²) in [6, 6.07) is 0. The third-order valence-electron chi connectivity index (χ3n) is 9.71. The molecule has 1 unspecified atom stereocenters. The lowest BCUT2D eigenvalue weighted by atomic mass is 10.1. The fraction of sp³-hybridized carbons (Fsp3) is 0.534. The average molecular weight is 881 g/mol. The van der Waals surface area contributed by atoms with Crippen LogP contribution in [0.1, 0.15) is 181 Å². The summed E-state index contributed by atoms with van der Waals surface area (Å²) in [5, 5.41) is 0. The van der Waals surface area contributed by atoms with Gasteiger partial charge in [0, 0.05) is 19.3 Å². The summed E-state index contributed by atoms with van der Waals surface area (Å²) in [7, 11) is 0. The summed E-state index contributed by atoms with van der Waals surface area (Å²) in [5.41, 5.74) is 0. The van der Waals surface area contributed by atoms with Crippen molar-refractivity contribution in [3.8, 4) is 0 Å². The van der Waals surface area contributed by atoms with Crippen molar-refractivity contribution in [2.45, 2.75) is 187 Å². The second-order valence-corrected chi connectivity index (χ2v) is 15.8. The summed E-state index contributed by atoms with van der Waals surface area (Å²) in [4.78, 5) is 37.9. The fourth-order valence-corrected chi connectivity index (χ4v) is 6.03. The maximum Gasteiger partial charge on any atom is 0.306 e. The van der Waals surface area contributed by atoms with E-state index in [-0.39, 0.29) is 50.4 Å². The van der Waals surface area contributed by atoms with Crippen LogP contribution in [0.4, 0.5) is 0 Å². The molecule has 6 heteroatoms. The molecule has 0 rings (SSSR count). The Bertz CT molecular complexity index is 1480. The van der Waals surface area contributed by atoms with Crippen LogP contribution in [-0.2, 0) is 28.6 Å². The summed E-state index contributed by atoms with van der Waals surface area (Å²) in [6.45, 7) is 6.20. The van der Waals surface area contributed by atoms with Gasteiger partial charge in [-0.05, 0) is 96.3 Å². The quantitative estimate of drug-likeness (QED) is 0.0200. The highest BCUT2D eigenvalue weighted by Crippen LogP contribution is 2.11. The van der Waals surface area contributed by atoms with Crippen LogP contribution in [-0.4, -0.2) is 37.2 Å². The van der Waals surface area contributed by atoms with Crippen LogP contribution in [0, 0.1) is 0 Å². The monoisotopic (exact) mass is 881 g/mol. The van der Waals surface area contributed by atoms with Gasteiger partial charge in [0.1, 0.15) is 13.2 Å². The van der Waals surface area contributed by atoms with Gasteiger partial charge < -0.3 is 14.2 Å². The first-order valence-corrected chi connectivity index (χ1v) is 24.9. The normalized spacial score (nSPS) is 13.4. The predicted molar refractivity (Wildman–Crippen MR) is 274 cm³/mol. The number of hydrogen-bond acceptors (Lipinski definition) is 6. The highest BCUT2D eigenvalue weighted by atomic mass is 16.6. The fourth-order valence-electron chi connectivity index (χ4n) is 6.03. The number of ether oxygens (including phenoxy) is 3. The Morgan fingerprint density at radius 3 is 1.20 bits per heavy atom. The van der Waals surface area contributed by atoms with E-state index in [0.29, 0.717) is 19.3 Å². The van der Waals surface area contributed by atoms with E-state index in [1.54, 1.807) is 0 Å². The number of unbranched alkanes of at least 4 members (excludes halogenated alkanes) is 12. The summed E-state index contributed by atoms with van der Waals surface area (Å²) < 4.78 is 16.6. The van der Waals surface area contributed by atoms with E-state index in [4.69, 9.17) is 14.2 Å². The van der Waals surface area contributed by atoms with Crippen molar-refractivity contribution in [1.82, 2.24) is 0 Å². The van der Waals surface area contributed by atoms with Gasteiger partial charge in [-0.2, -0.15) is 0 Å². The molecule has 6 nitrogen and oxygen atoms in total. The molecule has 64 heavy (non-hydrogen) atoms. The van der Waals surface area contributed by atoms with Gasteiger partial charge in [0.05, 0.1) is 0 Å². The highest BCUT2D eigenvalue weighted by Gasteiger charge is 2.19. The summed E-state index contributed by atoms with van der Waals surface area (Å²) in [5.74, 6) is -1.12. The number of rotatable bonds is 42. The Morgan fingerprint density at radius 1 is 0.344 bits per heavy atom. The van der Waals surface area contributed by atoms with Gasteiger partial charge in [0.25, 0.3) is 0 Å². The molecule has 0 N–H and O–H groups in total. The van der Waals surface area contributed by atoms with Crippen molar-refractivity contribution >= 4 is 17.9 Å². The average Bonchev–Trinajstić information content (AvgIpc) is 3.29. The molecule has 0 aromatic heterocycles. The largest absolute Gasteiger partial charge is 0.462 e. The van der Waals surface area contributed by atoms with E-state index in [1.807, 2.05) is 54.7 Å². The minimum atomic E-state index is -0.849. The summed E-state index contributed by atoms with van der Waals surface area (Å²) >= 11 is 0. The van der Waals surface area contributed by atoms with E-state index >= 15 is 0 Å². The highest BCUT2D eigenvalue weighted by molar-refractivity contribution is 5.71. The zero-order chi connectivity index (χ0) is 46.5. The first-order chi connectivity index (χ1) is 31.5. The topological polar surface area (TPSA) is 78.9 Å². The predicted octanol–water partition coefficient (Wildman–Crippen LogP) is 16.5. The van der Waals surface area contributed by atoms with Crippen molar-refractivity contribution < 1.29 is 28.6 Å². The third kappa shape index (κ3) is 48.3. The zero-order valence-electron chi connectivity index (χ0n) is 40.5. The molecule has 0 aromatic rings. The SMILES string of the molecule is CC\C=C/C=C\C=C/C=C\C=C/CCCC(=O)OCC(COC(=O)CCC/C=C\C/C=C\C/C=C\C/C=C\C/C=C\CC)OC(=O)CCCCC/C=C\C=C/CCCCCCCCC. The molecule has 0 fully saturated rings. The van der Waals surface area contributed by atoms with Crippen LogP contribution in [0.5, 0.6) is 0 Å². The first kappa shape index (κ1) is 59.3. The Hall–Kier alpha value is -4.71. The van der Waals surface area contributed by atoms with Crippen LogP contribution in [0.3, 0.4) is 0 Å². The number of esters is 3. The Balaban J connectivity index is 4.65. The van der Waals surface area contributed by atoms with Crippen LogP contribution >= 0.6 is 0 Å². The molecule has 0 spiro atoms. The number of hydrogen-bond donors (Lipinski definition) is 0. The van der Waals surface area contributed by atoms with Crippen molar-refractivity contribution in [1.29, 1.82) is 0 Å². The van der Waals surface area contributed by atoms with Crippen molar-refractivity contribution in [2.24, 2.45) is 0 Å². The number of carbonyl (C=O) groups is 3. The van der Waals surface area contributed by atoms with Crippen molar-refractivity contribution in [3.63, 3.8) is 0 Å². The third-order valence-corrected chi connectivity index (χ3v) is 9.71. The molecular weight excluding hydrogens is 793 g/mol. The van der Waals surface area contributed by atoms with Crippen molar-refractivity contribution in [3.05, 3.63) is 146 Å². The lowest BCUT2D eigenvalue weighted by Crippen LogP contribution is -2.30. The minimum absolute atomic E-state index is 0.147. The molecular formula is C58H88O6. The Kier molecular flexibility index (Phi) is 47.2. The molecule has 356 valence electrons. The molecule has 0 aliphatic rings. The molecule has 0 aliphatic carbocycles. The lowest BCUT2D eigenvalue weighted by Gasteiger charge is -2.18. The van der Waals surface area contributed by atoms with E-state index in [2.05, 4.69) is 112 Å². The maximum absolute atomic E-state index is 12.8. The van der Waals surface area contributed by atoms with Crippen LogP contribution in [0.2, 0.25) is 0 Å². The molecule has 0 bridgehead atoms. The number of carbonyl (C=O) groups excluding carboxylic acids is 3. The second kappa shape index (κ2) is 50.9. The van der Waals surface area contributed by atoms with Crippen LogP contribution in [0.15, 0.2) is 146 Å². The van der Waals surface area contributed by atoms with E-state index in [9.17, 15) is 14.4 Å². The molecule has 0 saturated carbocycles. The van der Waals surface area contributed by atoms with Gasteiger partial charge in [0.2, 0.25) is 0 Å². The maximum atomic E-state index is 12.8. The smallest absolute Gasteiger partial charge is 0.306 e. The molecule has 0 amide bonds.